The monoisotopic (exact) mass is 317 g/mol. The predicted molar refractivity (Wildman–Crippen MR) is 86.4 cm³/mol. The van der Waals surface area contributed by atoms with Crippen molar-refractivity contribution < 1.29 is 4.39 Å². The van der Waals surface area contributed by atoms with Gasteiger partial charge in [-0.05, 0) is 31.2 Å². The highest BCUT2D eigenvalue weighted by atomic mass is 32.1. The van der Waals surface area contributed by atoms with E-state index in [2.05, 4.69) is 19.9 Å². The smallest absolute Gasteiger partial charge is 0.214 e. The van der Waals surface area contributed by atoms with Crippen molar-refractivity contribution in [1.29, 1.82) is 0 Å². The first-order valence-electron chi connectivity index (χ1n) is 7.27. The van der Waals surface area contributed by atoms with Crippen molar-refractivity contribution >= 4 is 27.1 Å². The highest BCUT2D eigenvalue weighted by Crippen LogP contribution is 2.25. The lowest BCUT2D eigenvalue weighted by Gasteiger charge is -2.35. The number of hydrogen-bond acceptors (Lipinski definition) is 5. The van der Waals surface area contributed by atoms with E-state index in [0.29, 0.717) is 0 Å². The number of fused-ring (bicyclic) bond motifs is 1. The Hall–Kier alpha value is -2.15. The fraction of sp³-hybridized carbons (Fsp3) is 0.333. The molecule has 0 amide bonds. The van der Waals surface area contributed by atoms with Gasteiger partial charge in [0.25, 0.3) is 0 Å². The zero-order valence-corrected chi connectivity index (χ0v) is 13.1. The first-order chi connectivity index (χ1) is 10.7. The fourth-order valence-corrected chi connectivity index (χ4v) is 3.71. The summed E-state index contributed by atoms with van der Waals surface area (Å²) in [7, 11) is 0. The van der Waals surface area contributed by atoms with E-state index < -0.39 is 0 Å². The van der Waals surface area contributed by atoms with Crippen LogP contribution in [0.4, 0.5) is 15.2 Å². The molecule has 22 heavy (non-hydrogen) atoms. The van der Waals surface area contributed by atoms with Gasteiger partial charge >= 0.3 is 0 Å². The third-order valence-electron chi connectivity index (χ3n) is 3.89. The summed E-state index contributed by atoms with van der Waals surface area (Å²) in [6.45, 7) is 5.61. The van der Waals surface area contributed by atoms with Crippen LogP contribution in [0.2, 0.25) is 0 Å². The minimum Gasteiger partial charge on any atom is -0.368 e. The van der Waals surface area contributed by atoms with Crippen molar-refractivity contribution in [1.82, 2.24) is 14.6 Å². The number of hydrogen-bond donors (Lipinski definition) is 0. The van der Waals surface area contributed by atoms with Crippen LogP contribution in [0.3, 0.4) is 0 Å². The first-order valence-corrected chi connectivity index (χ1v) is 8.09. The van der Waals surface area contributed by atoms with Crippen LogP contribution >= 0.6 is 11.3 Å². The summed E-state index contributed by atoms with van der Waals surface area (Å²) in [6.07, 6.45) is 1.95. The van der Waals surface area contributed by atoms with Crippen molar-refractivity contribution in [2.45, 2.75) is 6.92 Å². The number of benzene rings is 1. The summed E-state index contributed by atoms with van der Waals surface area (Å²) in [5.74, 6) is -0.191. The average Bonchev–Trinajstić information content (AvgIpc) is 3.05. The molecule has 2 aromatic heterocycles. The van der Waals surface area contributed by atoms with Gasteiger partial charge in [0.15, 0.2) is 0 Å². The number of aryl methyl sites for hydroxylation is 1. The summed E-state index contributed by atoms with van der Waals surface area (Å²) in [4.78, 5) is 9.95. The van der Waals surface area contributed by atoms with Gasteiger partial charge in [0, 0.05) is 31.9 Å². The summed E-state index contributed by atoms with van der Waals surface area (Å²) < 4.78 is 14.8. The molecule has 0 N–H and O–H groups in total. The van der Waals surface area contributed by atoms with E-state index in [1.807, 2.05) is 29.8 Å². The number of rotatable bonds is 2. The van der Waals surface area contributed by atoms with E-state index >= 15 is 0 Å². The largest absolute Gasteiger partial charge is 0.368 e. The van der Waals surface area contributed by atoms with Crippen LogP contribution in [0.25, 0.3) is 4.96 Å². The van der Waals surface area contributed by atoms with Gasteiger partial charge in [0.1, 0.15) is 5.82 Å². The first kappa shape index (κ1) is 13.5. The minimum absolute atomic E-state index is 0.191. The summed E-state index contributed by atoms with van der Waals surface area (Å²) >= 11 is 1.62. The number of halogens is 1. The Bertz CT molecular complexity index is 754. The molecule has 4 rings (SSSR count). The van der Waals surface area contributed by atoms with Gasteiger partial charge in [-0.3, -0.25) is 0 Å². The third-order valence-corrected chi connectivity index (χ3v) is 4.88. The molecule has 3 heterocycles. The Balaban J connectivity index is 1.46. The maximum absolute atomic E-state index is 13.0. The van der Waals surface area contributed by atoms with E-state index in [9.17, 15) is 4.39 Å². The number of aromatic nitrogens is 3. The fourth-order valence-electron chi connectivity index (χ4n) is 2.73. The van der Waals surface area contributed by atoms with Gasteiger partial charge in [0.2, 0.25) is 10.1 Å². The minimum atomic E-state index is -0.191. The maximum Gasteiger partial charge on any atom is 0.214 e. The second-order valence-electron chi connectivity index (χ2n) is 5.44. The predicted octanol–water partition coefficient (Wildman–Crippen LogP) is 2.56. The second-order valence-corrected chi connectivity index (χ2v) is 6.38. The molecule has 1 saturated heterocycles. The highest BCUT2D eigenvalue weighted by Gasteiger charge is 2.20. The van der Waals surface area contributed by atoms with E-state index in [0.717, 1.165) is 47.7 Å². The Morgan fingerprint density at radius 3 is 2.41 bits per heavy atom. The van der Waals surface area contributed by atoms with Crippen LogP contribution in [-0.4, -0.2) is 40.8 Å². The number of imidazole rings is 1. The molecule has 0 saturated carbocycles. The summed E-state index contributed by atoms with van der Waals surface area (Å²) in [5.41, 5.74) is 2.07. The zero-order valence-electron chi connectivity index (χ0n) is 12.2. The van der Waals surface area contributed by atoms with Crippen molar-refractivity contribution in [3.8, 4) is 0 Å². The van der Waals surface area contributed by atoms with Gasteiger partial charge in [-0.15, -0.1) is 5.10 Å². The Labute approximate surface area is 131 Å². The van der Waals surface area contributed by atoms with Crippen molar-refractivity contribution in [3.63, 3.8) is 0 Å². The molecule has 7 heteroatoms. The second kappa shape index (κ2) is 5.24. The van der Waals surface area contributed by atoms with Gasteiger partial charge in [-0.25, -0.2) is 13.9 Å². The highest BCUT2D eigenvalue weighted by molar-refractivity contribution is 7.20. The Morgan fingerprint density at radius 1 is 1.05 bits per heavy atom. The lowest BCUT2D eigenvalue weighted by Crippen LogP contribution is -2.46. The third kappa shape index (κ3) is 2.41. The number of anilines is 2. The van der Waals surface area contributed by atoms with Gasteiger partial charge in [-0.2, -0.15) is 0 Å². The molecule has 1 aliphatic heterocycles. The molecule has 1 fully saturated rings. The van der Waals surface area contributed by atoms with Crippen molar-refractivity contribution in [3.05, 3.63) is 42.0 Å². The topological polar surface area (TPSA) is 36.7 Å². The molecule has 0 spiro atoms. The number of piperazine rings is 1. The SMILES string of the molecule is Cc1cn2nc(N3CCN(c4ccc(F)cc4)CC3)sc2n1. The molecular formula is C15H16FN5S. The Kier molecular flexibility index (Phi) is 3.22. The molecule has 3 aromatic rings. The molecule has 1 aromatic carbocycles. The molecule has 0 unspecified atom stereocenters. The summed E-state index contributed by atoms with van der Waals surface area (Å²) in [5, 5.41) is 5.61. The quantitative estimate of drug-likeness (QED) is 0.728. The van der Waals surface area contributed by atoms with Crippen molar-refractivity contribution in [2.24, 2.45) is 0 Å². The van der Waals surface area contributed by atoms with Crippen LogP contribution in [-0.2, 0) is 0 Å². The molecule has 5 nitrogen and oxygen atoms in total. The van der Waals surface area contributed by atoms with Crippen LogP contribution in [0.15, 0.2) is 30.5 Å². The van der Waals surface area contributed by atoms with Crippen LogP contribution in [0, 0.1) is 12.7 Å². The summed E-state index contributed by atoms with van der Waals surface area (Å²) in [6, 6.07) is 6.70. The van der Waals surface area contributed by atoms with Crippen LogP contribution in [0.5, 0.6) is 0 Å². The maximum atomic E-state index is 13.0. The van der Waals surface area contributed by atoms with E-state index in [-0.39, 0.29) is 5.82 Å². The normalized spacial score (nSPS) is 15.7. The lowest BCUT2D eigenvalue weighted by atomic mass is 10.2. The van der Waals surface area contributed by atoms with Gasteiger partial charge in [0.05, 0.1) is 11.9 Å². The van der Waals surface area contributed by atoms with Crippen LogP contribution < -0.4 is 9.80 Å². The van der Waals surface area contributed by atoms with Gasteiger partial charge < -0.3 is 9.80 Å². The molecular weight excluding hydrogens is 301 g/mol. The van der Waals surface area contributed by atoms with Crippen LogP contribution in [0.1, 0.15) is 5.69 Å². The molecule has 114 valence electrons. The van der Waals surface area contributed by atoms with E-state index in [4.69, 9.17) is 0 Å². The van der Waals surface area contributed by atoms with Gasteiger partial charge in [-0.1, -0.05) is 11.3 Å². The van der Waals surface area contributed by atoms with E-state index in [1.54, 1.807) is 11.3 Å². The molecule has 1 aliphatic rings. The molecule has 0 bridgehead atoms. The molecule has 0 radical (unpaired) electrons. The van der Waals surface area contributed by atoms with E-state index in [1.165, 1.54) is 12.1 Å². The van der Waals surface area contributed by atoms with Crippen molar-refractivity contribution in [2.75, 3.05) is 36.0 Å². The Morgan fingerprint density at radius 2 is 1.73 bits per heavy atom. The average molecular weight is 317 g/mol. The number of nitrogens with zero attached hydrogens (tertiary/aromatic N) is 5. The lowest BCUT2D eigenvalue weighted by molar-refractivity contribution is 0.624. The molecule has 0 atom stereocenters. The molecule has 0 aliphatic carbocycles. The zero-order chi connectivity index (χ0) is 15.1. The standard InChI is InChI=1S/C15H16FN5S/c1-11-10-21-14(17-11)22-15(18-21)20-8-6-19(7-9-20)13-4-2-12(16)3-5-13/h2-5,10H,6-9H2,1H3.